The van der Waals surface area contributed by atoms with Crippen LogP contribution < -0.4 is 27.4 Å². The molecule has 13 nitrogen and oxygen atoms in total. The SMILES string of the molecule is C[C@H](N)C(=O)N[C@@H](Cc1ccc(O)cc1)C(=O)N[C@@H](Cc1ccccc1)C(=O)N1CCC[C@H]1C(=O)N[C@@H](CCCCN)C(=O)O. The number of hydrogen-bond donors (Lipinski definition) is 7. The van der Waals surface area contributed by atoms with Crippen LogP contribution in [-0.2, 0) is 36.8 Å². The number of nitrogens with zero attached hydrogens (tertiary/aromatic N) is 1. The maximum absolute atomic E-state index is 14.0. The van der Waals surface area contributed by atoms with Crippen LogP contribution in [0.2, 0.25) is 0 Å². The number of likely N-dealkylation sites (tertiary alicyclic amines) is 1. The van der Waals surface area contributed by atoms with E-state index in [0.29, 0.717) is 37.8 Å². The molecule has 13 heteroatoms. The molecule has 1 aliphatic rings. The van der Waals surface area contributed by atoms with Gasteiger partial charge in [0.15, 0.2) is 0 Å². The Morgan fingerprint density at radius 1 is 0.867 bits per heavy atom. The number of phenolic OH excluding ortho intramolecular Hbond substituents is 1. The van der Waals surface area contributed by atoms with E-state index in [0.717, 1.165) is 5.56 Å². The molecule has 0 spiro atoms. The Morgan fingerprint density at radius 2 is 1.49 bits per heavy atom. The number of unbranched alkanes of at least 4 members (excludes halogenated alkanes) is 1. The van der Waals surface area contributed by atoms with Crippen molar-refractivity contribution in [3.8, 4) is 5.75 Å². The Kier molecular flexibility index (Phi) is 13.3. The lowest BCUT2D eigenvalue weighted by atomic mass is 10.0. The highest BCUT2D eigenvalue weighted by atomic mass is 16.4. The number of rotatable bonds is 16. The van der Waals surface area contributed by atoms with Gasteiger partial charge in [0.25, 0.3) is 0 Å². The number of carboxylic acid groups (broad SMARTS) is 1. The molecule has 244 valence electrons. The van der Waals surface area contributed by atoms with Gasteiger partial charge in [0, 0.05) is 19.4 Å². The predicted octanol–water partition coefficient (Wildman–Crippen LogP) is 0.184. The number of hydrogen-bond acceptors (Lipinski definition) is 8. The molecule has 0 saturated carbocycles. The van der Waals surface area contributed by atoms with E-state index in [-0.39, 0.29) is 31.6 Å². The zero-order valence-electron chi connectivity index (χ0n) is 25.5. The second-order valence-electron chi connectivity index (χ2n) is 11.3. The van der Waals surface area contributed by atoms with Gasteiger partial charge in [-0.25, -0.2) is 4.79 Å². The van der Waals surface area contributed by atoms with E-state index in [4.69, 9.17) is 11.5 Å². The van der Waals surface area contributed by atoms with Crippen molar-refractivity contribution in [2.45, 2.75) is 82.1 Å². The molecule has 4 amide bonds. The molecule has 0 bridgehead atoms. The van der Waals surface area contributed by atoms with Gasteiger partial charge in [-0.15, -0.1) is 0 Å². The van der Waals surface area contributed by atoms with Crippen molar-refractivity contribution in [3.05, 3.63) is 65.7 Å². The van der Waals surface area contributed by atoms with E-state index in [1.54, 1.807) is 24.3 Å². The van der Waals surface area contributed by atoms with E-state index < -0.39 is 59.8 Å². The Morgan fingerprint density at radius 3 is 2.11 bits per heavy atom. The van der Waals surface area contributed by atoms with Gasteiger partial charge in [-0.05, 0) is 68.8 Å². The van der Waals surface area contributed by atoms with Crippen molar-refractivity contribution in [2.24, 2.45) is 11.5 Å². The van der Waals surface area contributed by atoms with Gasteiger partial charge in [-0.3, -0.25) is 19.2 Å². The minimum Gasteiger partial charge on any atom is -0.508 e. The highest BCUT2D eigenvalue weighted by molar-refractivity contribution is 5.96. The van der Waals surface area contributed by atoms with Crippen LogP contribution in [-0.4, -0.2) is 88.0 Å². The summed E-state index contributed by atoms with van der Waals surface area (Å²) in [6.07, 6.45) is 2.39. The van der Waals surface area contributed by atoms with E-state index >= 15 is 0 Å². The van der Waals surface area contributed by atoms with Gasteiger partial charge >= 0.3 is 5.97 Å². The van der Waals surface area contributed by atoms with Crippen LogP contribution in [0.5, 0.6) is 5.75 Å². The summed E-state index contributed by atoms with van der Waals surface area (Å²) >= 11 is 0. The number of aliphatic carboxylic acids is 1. The van der Waals surface area contributed by atoms with Crippen LogP contribution in [0.4, 0.5) is 0 Å². The molecule has 0 unspecified atom stereocenters. The molecule has 2 aromatic carbocycles. The largest absolute Gasteiger partial charge is 0.508 e. The number of aromatic hydroxyl groups is 1. The smallest absolute Gasteiger partial charge is 0.326 e. The molecule has 1 aliphatic heterocycles. The Labute approximate surface area is 262 Å². The molecule has 45 heavy (non-hydrogen) atoms. The van der Waals surface area contributed by atoms with Gasteiger partial charge < -0.3 is 42.5 Å². The quantitative estimate of drug-likeness (QED) is 0.127. The molecule has 1 saturated heterocycles. The third kappa shape index (κ3) is 10.6. The lowest BCUT2D eigenvalue weighted by Gasteiger charge is -2.30. The number of carboxylic acids is 1. The summed E-state index contributed by atoms with van der Waals surface area (Å²) in [7, 11) is 0. The first kappa shape index (κ1) is 35.0. The number of benzene rings is 2. The van der Waals surface area contributed by atoms with Gasteiger partial charge in [0.2, 0.25) is 23.6 Å². The summed E-state index contributed by atoms with van der Waals surface area (Å²) in [6.45, 7) is 2.14. The topological polar surface area (TPSA) is 217 Å². The number of carbonyl (C=O) groups is 5. The minimum atomic E-state index is -1.17. The van der Waals surface area contributed by atoms with Gasteiger partial charge in [-0.1, -0.05) is 42.5 Å². The summed E-state index contributed by atoms with van der Waals surface area (Å²) in [4.78, 5) is 66.8. The predicted molar refractivity (Wildman–Crippen MR) is 167 cm³/mol. The lowest BCUT2D eigenvalue weighted by Crippen LogP contribution is -2.59. The number of carbonyl (C=O) groups excluding carboxylic acids is 4. The zero-order chi connectivity index (χ0) is 32.9. The molecule has 5 atom stereocenters. The van der Waals surface area contributed by atoms with E-state index in [2.05, 4.69) is 16.0 Å². The molecule has 0 aliphatic carbocycles. The van der Waals surface area contributed by atoms with Crippen LogP contribution in [0.3, 0.4) is 0 Å². The number of amides is 4. The van der Waals surface area contributed by atoms with Crippen molar-refractivity contribution in [1.82, 2.24) is 20.9 Å². The maximum atomic E-state index is 14.0. The Balaban J connectivity index is 1.83. The third-order valence-corrected chi connectivity index (χ3v) is 7.72. The second kappa shape index (κ2) is 17.1. The van der Waals surface area contributed by atoms with Crippen LogP contribution in [0.1, 0.15) is 50.2 Å². The molecule has 1 fully saturated rings. The molecule has 3 rings (SSSR count). The Bertz CT molecular complexity index is 1300. The first-order valence-electron chi connectivity index (χ1n) is 15.2. The fourth-order valence-electron chi connectivity index (χ4n) is 5.22. The van der Waals surface area contributed by atoms with Crippen molar-refractivity contribution in [3.63, 3.8) is 0 Å². The summed E-state index contributed by atoms with van der Waals surface area (Å²) < 4.78 is 0. The number of nitrogens with two attached hydrogens (primary N) is 2. The summed E-state index contributed by atoms with van der Waals surface area (Å²) in [5, 5.41) is 27.3. The van der Waals surface area contributed by atoms with E-state index in [1.165, 1.54) is 24.0 Å². The highest BCUT2D eigenvalue weighted by Gasteiger charge is 2.39. The van der Waals surface area contributed by atoms with E-state index in [1.807, 2.05) is 18.2 Å². The fourth-order valence-corrected chi connectivity index (χ4v) is 5.22. The molecule has 2 aromatic rings. The zero-order valence-corrected chi connectivity index (χ0v) is 25.5. The van der Waals surface area contributed by atoms with Crippen molar-refractivity contribution in [2.75, 3.05) is 13.1 Å². The molecule has 1 heterocycles. The van der Waals surface area contributed by atoms with Crippen LogP contribution in [0.25, 0.3) is 0 Å². The Hall–Kier alpha value is -4.49. The third-order valence-electron chi connectivity index (χ3n) is 7.72. The normalized spacial score (nSPS) is 17.0. The van der Waals surface area contributed by atoms with Gasteiger partial charge in [0.1, 0.15) is 29.9 Å². The molecule has 0 aromatic heterocycles. The first-order chi connectivity index (χ1) is 21.5. The standard InChI is InChI=1S/C32H44N6O7/c1-20(34)28(40)36-25(18-22-12-14-23(39)15-13-22)29(41)37-26(19-21-8-3-2-4-9-21)31(43)38-17-7-11-27(38)30(42)35-24(32(44)45)10-5-6-16-33/h2-4,8-9,12-15,20,24-27,39H,5-7,10-11,16-19,33-34H2,1H3,(H,35,42)(H,36,40)(H,37,41)(H,44,45)/t20-,24-,25-,26-,27-/m0/s1. The highest BCUT2D eigenvalue weighted by Crippen LogP contribution is 2.21. The summed E-state index contributed by atoms with van der Waals surface area (Å²) in [5.41, 5.74) is 12.7. The molecule has 0 radical (unpaired) electrons. The van der Waals surface area contributed by atoms with Gasteiger partial charge in [0.05, 0.1) is 6.04 Å². The maximum Gasteiger partial charge on any atom is 0.326 e. The van der Waals surface area contributed by atoms with Crippen molar-refractivity contribution < 1.29 is 34.2 Å². The van der Waals surface area contributed by atoms with Gasteiger partial charge in [-0.2, -0.15) is 0 Å². The average Bonchev–Trinajstić information content (AvgIpc) is 3.51. The first-order valence-corrected chi connectivity index (χ1v) is 15.2. The number of phenols is 1. The van der Waals surface area contributed by atoms with Crippen LogP contribution in [0.15, 0.2) is 54.6 Å². The van der Waals surface area contributed by atoms with Crippen LogP contribution in [0, 0.1) is 0 Å². The fraction of sp³-hybridized carbons (Fsp3) is 0.469. The average molecular weight is 625 g/mol. The number of nitrogens with one attached hydrogen (secondary N) is 3. The minimum absolute atomic E-state index is 0.0438. The van der Waals surface area contributed by atoms with E-state index in [9.17, 15) is 34.2 Å². The van der Waals surface area contributed by atoms with Crippen LogP contribution >= 0.6 is 0 Å². The molecule has 9 N–H and O–H groups in total. The van der Waals surface area contributed by atoms with Crippen molar-refractivity contribution in [1.29, 1.82) is 0 Å². The van der Waals surface area contributed by atoms with Crippen molar-refractivity contribution >= 4 is 29.6 Å². The second-order valence-corrected chi connectivity index (χ2v) is 11.3. The molecular formula is C32H44N6O7. The molecular weight excluding hydrogens is 580 g/mol. The monoisotopic (exact) mass is 624 g/mol. The summed E-state index contributed by atoms with van der Waals surface area (Å²) in [5.74, 6) is -3.38. The summed E-state index contributed by atoms with van der Waals surface area (Å²) in [6, 6.07) is 10.1. The lowest BCUT2D eigenvalue weighted by molar-refractivity contribution is -0.145.